The summed E-state index contributed by atoms with van der Waals surface area (Å²) in [7, 11) is 0. The summed E-state index contributed by atoms with van der Waals surface area (Å²) in [4.78, 5) is 46.5. The molecular weight excluding hydrogens is 686 g/mol. The number of halogens is 4. The molecule has 222 valence electrons. The number of pyridine rings is 2. The van der Waals surface area contributed by atoms with Crippen molar-refractivity contribution in [2.24, 2.45) is 0 Å². The minimum absolute atomic E-state index is 0.0133. The Kier molecular flexibility index (Phi) is 9.86. The van der Waals surface area contributed by atoms with Gasteiger partial charge in [0.05, 0.1) is 12.1 Å². The fourth-order valence-corrected chi connectivity index (χ4v) is 6.24. The van der Waals surface area contributed by atoms with Gasteiger partial charge in [0.15, 0.2) is 5.69 Å². The number of ether oxygens (including phenoxy) is 1. The van der Waals surface area contributed by atoms with Gasteiger partial charge in [0, 0.05) is 51.3 Å². The highest BCUT2D eigenvalue weighted by Gasteiger charge is 2.34. The molecule has 0 bridgehead atoms. The van der Waals surface area contributed by atoms with E-state index in [1.165, 1.54) is 18.5 Å². The van der Waals surface area contributed by atoms with Crippen molar-refractivity contribution in [3.05, 3.63) is 63.5 Å². The fourth-order valence-electron chi connectivity index (χ4n) is 4.34. The Balaban J connectivity index is 1.95. The molecule has 3 heterocycles. The van der Waals surface area contributed by atoms with E-state index in [-0.39, 0.29) is 40.0 Å². The number of rotatable bonds is 9. The molecule has 3 aromatic heterocycles. The number of esters is 1. The van der Waals surface area contributed by atoms with Gasteiger partial charge in [-0.2, -0.15) is 13.2 Å². The second kappa shape index (κ2) is 13.2. The summed E-state index contributed by atoms with van der Waals surface area (Å²) in [5, 5.41) is 6.33. The van der Waals surface area contributed by atoms with E-state index >= 15 is 0 Å². The zero-order valence-electron chi connectivity index (χ0n) is 22.8. The van der Waals surface area contributed by atoms with E-state index in [0.717, 1.165) is 27.6 Å². The number of hydrogen-bond donors (Lipinski definition) is 2. The van der Waals surface area contributed by atoms with Crippen LogP contribution in [0, 0.1) is 0 Å². The predicted molar refractivity (Wildman–Crippen MR) is 164 cm³/mol. The van der Waals surface area contributed by atoms with Gasteiger partial charge in [-0.15, -0.1) is 11.3 Å². The van der Waals surface area contributed by atoms with Crippen LogP contribution in [0.15, 0.2) is 46.8 Å². The molecular formula is C28H27F3IN5O4S. The van der Waals surface area contributed by atoms with E-state index in [1.807, 2.05) is 11.5 Å². The molecule has 9 nitrogen and oxygen atoms in total. The molecule has 0 spiro atoms. The smallest absolute Gasteiger partial charge is 0.434 e. The highest BCUT2D eigenvalue weighted by Crippen LogP contribution is 2.39. The molecule has 1 atom stereocenters. The van der Waals surface area contributed by atoms with Crippen molar-refractivity contribution in [1.29, 1.82) is 0 Å². The molecule has 0 aliphatic carbocycles. The lowest BCUT2D eigenvalue weighted by molar-refractivity contribution is -0.140. The van der Waals surface area contributed by atoms with E-state index in [1.54, 1.807) is 32.0 Å². The van der Waals surface area contributed by atoms with E-state index in [2.05, 4.69) is 43.2 Å². The zero-order valence-corrected chi connectivity index (χ0v) is 25.8. The maximum Gasteiger partial charge on any atom is 0.434 e. The molecule has 42 heavy (non-hydrogen) atoms. The number of fused-ring (bicyclic) bond motifs is 1. The van der Waals surface area contributed by atoms with Crippen LogP contribution >= 0.6 is 33.9 Å². The van der Waals surface area contributed by atoms with Gasteiger partial charge in [-0.1, -0.05) is 35.6 Å². The third-order valence-electron chi connectivity index (χ3n) is 6.39. The third kappa shape index (κ3) is 6.59. The number of carbonyl (C=O) groups is 2. The quantitative estimate of drug-likeness (QED) is 0.111. The van der Waals surface area contributed by atoms with Crippen LogP contribution in [-0.4, -0.2) is 44.1 Å². The Morgan fingerprint density at radius 2 is 1.93 bits per heavy atom. The van der Waals surface area contributed by atoms with Crippen molar-refractivity contribution >= 4 is 62.6 Å². The third-order valence-corrected chi connectivity index (χ3v) is 8.28. The highest BCUT2D eigenvalue weighted by atomic mass is 127. The molecule has 4 rings (SSSR count). The number of thiazole rings is 1. The van der Waals surface area contributed by atoms with Crippen LogP contribution in [0.25, 0.3) is 32.6 Å². The number of alkyl halides is 4. The summed E-state index contributed by atoms with van der Waals surface area (Å²) < 4.78 is 48.0. The van der Waals surface area contributed by atoms with Gasteiger partial charge in [-0.3, -0.25) is 10.1 Å². The summed E-state index contributed by atoms with van der Waals surface area (Å²) >= 11 is 3.04. The number of nitrogens with zero attached hydrogens (tertiary/aromatic N) is 3. The van der Waals surface area contributed by atoms with Crippen molar-refractivity contribution in [3.63, 3.8) is 0 Å². The molecule has 0 saturated carbocycles. The second-order valence-corrected chi connectivity index (χ2v) is 10.8. The van der Waals surface area contributed by atoms with Gasteiger partial charge in [-0.05, 0) is 44.0 Å². The topological polar surface area (TPSA) is 115 Å². The van der Waals surface area contributed by atoms with Crippen molar-refractivity contribution < 1.29 is 27.5 Å². The van der Waals surface area contributed by atoms with Crippen molar-refractivity contribution in [3.8, 4) is 21.7 Å². The molecule has 1 aromatic carbocycles. The molecule has 0 aliphatic heterocycles. The van der Waals surface area contributed by atoms with Crippen LogP contribution in [-0.2, 0) is 10.9 Å². The lowest BCUT2D eigenvalue weighted by Gasteiger charge is -2.21. The van der Waals surface area contributed by atoms with E-state index < -0.39 is 29.3 Å². The zero-order chi connectivity index (χ0) is 30.6. The summed E-state index contributed by atoms with van der Waals surface area (Å²) in [6.07, 6.45) is -0.973. The minimum atomic E-state index is -4.64. The van der Waals surface area contributed by atoms with Gasteiger partial charge in [-0.25, -0.2) is 19.6 Å². The Bertz CT molecular complexity index is 1680. The van der Waals surface area contributed by atoms with Crippen molar-refractivity contribution in [1.82, 2.24) is 19.9 Å². The number of benzene rings is 1. The summed E-state index contributed by atoms with van der Waals surface area (Å²) in [5.74, 6) is -0.637. The van der Waals surface area contributed by atoms with Crippen molar-refractivity contribution in [2.45, 2.75) is 39.4 Å². The Labute approximate surface area is 256 Å². The van der Waals surface area contributed by atoms with Gasteiger partial charge >= 0.3 is 18.2 Å². The number of carbonyl (C=O) groups excluding carboxylic acids is 2. The second-order valence-electron chi connectivity index (χ2n) is 9.08. The lowest BCUT2D eigenvalue weighted by Crippen LogP contribution is -2.28. The number of aromatic nitrogens is 3. The Morgan fingerprint density at radius 3 is 2.55 bits per heavy atom. The molecule has 0 unspecified atom stereocenters. The molecule has 2 amide bonds. The Morgan fingerprint density at radius 1 is 1.17 bits per heavy atom. The average Bonchev–Trinajstić information content (AvgIpc) is 3.46. The van der Waals surface area contributed by atoms with E-state index in [9.17, 15) is 27.6 Å². The number of hydrogen-bond acceptors (Lipinski definition) is 7. The molecule has 14 heteroatoms. The molecule has 0 aliphatic rings. The maximum atomic E-state index is 13.6. The fraction of sp³-hybridized carbons (Fsp3) is 0.321. The molecule has 0 saturated heterocycles. The number of anilines is 1. The predicted octanol–water partition coefficient (Wildman–Crippen LogP) is 6.91. The first-order valence-corrected chi connectivity index (χ1v) is 15.4. The van der Waals surface area contributed by atoms with Crippen LogP contribution in [0.1, 0.15) is 49.3 Å². The normalized spacial score (nSPS) is 12.3. The SMILES string of the molecule is CCNC(=O)Nc1cc(-c2nc(C(F)(F)F)cs2)c(-c2ccc3c(c2)c(=O)c(C(=O)OCC)cn3[C@H](CC)CI)cn1. The van der Waals surface area contributed by atoms with Gasteiger partial charge < -0.3 is 14.6 Å². The first kappa shape index (κ1) is 31.4. The van der Waals surface area contributed by atoms with Crippen molar-refractivity contribution in [2.75, 3.05) is 22.9 Å². The average molecular weight is 714 g/mol. The molecule has 0 radical (unpaired) electrons. The number of urea groups is 1. The lowest BCUT2D eigenvalue weighted by atomic mass is 9.99. The van der Waals surface area contributed by atoms with Crippen LogP contribution < -0.4 is 16.1 Å². The first-order valence-electron chi connectivity index (χ1n) is 13.0. The van der Waals surface area contributed by atoms with Crippen LogP contribution in [0.3, 0.4) is 0 Å². The van der Waals surface area contributed by atoms with E-state index in [4.69, 9.17) is 4.74 Å². The van der Waals surface area contributed by atoms with Gasteiger partial charge in [0.1, 0.15) is 16.4 Å². The van der Waals surface area contributed by atoms with Gasteiger partial charge in [0.2, 0.25) is 5.43 Å². The van der Waals surface area contributed by atoms with Gasteiger partial charge in [0.25, 0.3) is 0 Å². The van der Waals surface area contributed by atoms with Crippen LogP contribution in [0.2, 0.25) is 0 Å². The summed E-state index contributed by atoms with van der Waals surface area (Å²) in [5.41, 5.74) is 0.0331. The van der Waals surface area contributed by atoms with E-state index in [0.29, 0.717) is 23.2 Å². The number of nitrogens with one attached hydrogen (secondary N) is 2. The summed E-state index contributed by atoms with van der Waals surface area (Å²) in [6.45, 7) is 5.84. The summed E-state index contributed by atoms with van der Waals surface area (Å²) in [6, 6.07) is 5.95. The molecule has 4 aromatic rings. The first-order chi connectivity index (χ1) is 20.0. The molecule has 2 N–H and O–H groups in total. The largest absolute Gasteiger partial charge is 0.462 e. The van der Waals surface area contributed by atoms with Crippen LogP contribution in [0.4, 0.5) is 23.8 Å². The Hall–Kier alpha value is -3.53. The standard InChI is InChI=1S/C28H27F3IN5O4S/c1-4-16(11-32)37-13-20(26(39)41-6-3)24(38)18-9-15(7-8-21(18)37)19-12-34-23(36-27(40)33-5-2)10-17(19)25-35-22(14-42-25)28(29,30)31/h7-10,12-14,16H,4-6,11H2,1-3H3,(H2,33,34,36,40)/t16-/m1/s1. The monoisotopic (exact) mass is 713 g/mol. The minimum Gasteiger partial charge on any atom is -0.462 e. The number of amides is 2. The maximum absolute atomic E-state index is 13.6. The molecule has 0 fully saturated rings. The van der Waals surface area contributed by atoms with Crippen LogP contribution in [0.5, 0.6) is 0 Å². The highest BCUT2D eigenvalue weighted by molar-refractivity contribution is 14.1.